The summed E-state index contributed by atoms with van der Waals surface area (Å²) in [4.78, 5) is 15.2. The Kier molecular flexibility index (Phi) is 9.06. The number of likely N-dealkylation sites (tertiary alicyclic amines) is 1. The molecule has 0 aromatic heterocycles. The monoisotopic (exact) mass is 515 g/mol. The Morgan fingerprint density at radius 3 is 2.39 bits per heavy atom. The average molecular weight is 516 g/mol. The van der Waals surface area contributed by atoms with Crippen LogP contribution in [-0.2, 0) is 26.8 Å². The molecular formula is C28H41N3O4S. The van der Waals surface area contributed by atoms with E-state index in [1.807, 2.05) is 32.0 Å². The Morgan fingerprint density at radius 1 is 1.08 bits per heavy atom. The molecule has 0 saturated carbocycles. The van der Waals surface area contributed by atoms with E-state index in [4.69, 9.17) is 4.74 Å². The van der Waals surface area contributed by atoms with E-state index >= 15 is 0 Å². The topological polar surface area (TPSA) is 87.7 Å². The van der Waals surface area contributed by atoms with E-state index in [0.29, 0.717) is 5.69 Å². The lowest BCUT2D eigenvalue weighted by Gasteiger charge is -2.28. The van der Waals surface area contributed by atoms with Crippen LogP contribution in [0.2, 0.25) is 0 Å². The molecule has 3 rings (SSSR count). The van der Waals surface area contributed by atoms with Gasteiger partial charge in [0.15, 0.2) is 6.61 Å². The van der Waals surface area contributed by atoms with Crippen LogP contribution in [0.1, 0.15) is 75.3 Å². The van der Waals surface area contributed by atoms with Crippen molar-refractivity contribution in [1.29, 1.82) is 0 Å². The van der Waals surface area contributed by atoms with Crippen LogP contribution >= 0.6 is 0 Å². The predicted octanol–water partition coefficient (Wildman–Crippen LogP) is 4.91. The number of anilines is 1. The first-order chi connectivity index (χ1) is 16.8. The Labute approximate surface area is 216 Å². The molecule has 0 bridgehead atoms. The van der Waals surface area contributed by atoms with Crippen LogP contribution in [0.25, 0.3) is 0 Å². The van der Waals surface area contributed by atoms with E-state index in [9.17, 15) is 13.2 Å². The number of ether oxygens (including phenoxy) is 1. The molecule has 36 heavy (non-hydrogen) atoms. The summed E-state index contributed by atoms with van der Waals surface area (Å²) in [6.45, 7) is 13.3. The van der Waals surface area contributed by atoms with Gasteiger partial charge in [-0.05, 0) is 74.0 Å². The molecule has 0 unspecified atom stereocenters. The minimum absolute atomic E-state index is 0.0342. The van der Waals surface area contributed by atoms with Gasteiger partial charge in [0.1, 0.15) is 5.75 Å². The number of carbonyl (C=O) groups excluding carboxylic acids is 1. The second kappa shape index (κ2) is 11.6. The number of amides is 1. The maximum Gasteiger partial charge on any atom is 0.258 e. The van der Waals surface area contributed by atoms with E-state index in [-0.39, 0.29) is 24.0 Å². The second-order valence-corrected chi connectivity index (χ2v) is 12.7. The van der Waals surface area contributed by atoms with Crippen molar-refractivity contribution in [1.82, 2.24) is 10.2 Å². The van der Waals surface area contributed by atoms with E-state index in [0.717, 1.165) is 48.3 Å². The molecule has 7 nitrogen and oxygen atoms in total. The molecule has 1 fully saturated rings. The molecule has 2 aromatic rings. The quantitative estimate of drug-likeness (QED) is 0.496. The van der Waals surface area contributed by atoms with Gasteiger partial charge in [0.25, 0.3) is 5.91 Å². The molecule has 0 aliphatic carbocycles. The third-order valence-corrected chi connectivity index (χ3v) is 7.14. The zero-order chi connectivity index (χ0) is 26.5. The molecule has 1 amide bonds. The number of nitrogens with one attached hydrogen (secondary N) is 2. The normalized spacial score (nSPS) is 15.8. The highest BCUT2D eigenvalue weighted by atomic mass is 32.2. The summed E-state index contributed by atoms with van der Waals surface area (Å²) in [6.07, 6.45) is 4.86. The number of benzene rings is 2. The molecule has 198 valence electrons. The van der Waals surface area contributed by atoms with Crippen LogP contribution in [0.5, 0.6) is 5.75 Å². The van der Waals surface area contributed by atoms with Crippen molar-refractivity contribution >= 4 is 21.6 Å². The molecule has 1 atom stereocenters. The Hall–Kier alpha value is -2.58. The first kappa shape index (κ1) is 28.0. The maximum atomic E-state index is 12.7. The standard InChI is InChI=1S/C28H41N3O4S/c1-20-16-22(10-12-25(20)30-36(6,33)34)21(2)29-27(32)19-35-26-13-11-24(28(3,4)5)17-23(26)18-31-14-8-7-9-15-31/h10-13,16-17,21,30H,7-9,14-15,18-19H2,1-6H3,(H,29,32)/t21-/m1/s1. The molecule has 1 heterocycles. The summed E-state index contributed by atoms with van der Waals surface area (Å²) < 4.78 is 31.6. The molecule has 1 saturated heterocycles. The maximum absolute atomic E-state index is 12.7. The fraction of sp³-hybridized carbons (Fsp3) is 0.536. The SMILES string of the molecule is Cc1cc([C@@H](C)NC(=O)COc2ccc(C(C)(C)C)cc2CN2CCCCC2)ccc1NS(C)(=O)=O. The number of piperidine rings is 1. The Balaban J connectivity index is 1.65. The predicted molar refractivity (Wildman–Crippen MR) is 146 cm³/mol. The highest BCUT2D eigenvalue weighted by Gasteiger charge is 2.20. The highest BCUT2D eigenvalue weighted by Crippen LogP contribution is 2.30. The van der Waals surface area contributed by atoms with Crippen LogP contribution in [0.4, 0.5) is 5.69 Å². The van der Waals surface area contributed by atoms with Gasteiger partial charge in [-0.1, -0.05) is 51.5 Å². The minimum atomic E-state index is -3.35. The third-order valence-electron chi connectivity index (χ3n) is 6.55. The van der Waals surface area contributed by atoms with Gasteiger partial charge in [0.2, 0.25) is 10.0 Å². The summed E-state index contributed by atoms with van der Waals surface area (Å²) in [5.74, 6) is 0.547. The van der Waals surface area contributed by atoms with Gasteiger partial charge in [-0.15, -0.1) is 0 Å². The lowest BCUT2D eigenvalue weighted by Crippen LogP contribution is -2.32. The van der Waals surface area contributed by atoms with Crippen LogP contribution in [0.3, 0.4) is 0 Å². The Morgan fingerprint density at radius 2 is 1.78 bits per heavy atom. The first-order valence-electron chi connectivity index (χ1n) is 12.7. The summed E-state index contributed by atoms with van der Waals surface area (Å²) >= 11 is 0. The van der Waals surface area contributed by atoms with Crippen molar-refractivity contribution in [2.45, 2.75) is 71.9 Å². The van der Waals surface area contributed by atoms with Gasteiger partial charge < -0.3 is 10.1 Å². The minimum Gasteiger partial charge on any atom is -0.483 e. The molecule has 2 aromatic carbocycles. The van der Waals surface area contributed by atoms with Gasteiger partial charge in [0.05, 0.1) is 18.0 Å². The van der Waals surface area contributed by atoms with Gasteiger partial charge in [0, 0.05) is 12.1 Å². The van der Waals surface area contributed by atoms with Crippen LogP contribution in [0.15, 0.2) is 36.4 Å². The summed E-state index contributed by atoms with van der Waals surface area (Å²) in [5, 5.41) is 2.98. The third kappa shape index (κ3) is 8.23. The van der Waals surface area contributed by atoms with Gasteiger partial charge in [-0.25, -0.2) is 8.42 Å². The second-order valence-electron chi connectivity index (χ2n) is 10.9. The Bertz CT molecular complexity index is 1170. The lowest BCUT2D eigenvalue weighted by molar-refractivity contribution is -0.123. The number of hydrogen-bond acceptors (Lipinski definition) is 5. The fourth-order valence-electron chi connectivity index (χ4n) is 4.45. The van der Waals surface area contributed by atoms with Crippen LogP contribution < -0.4 is 14.8 Å². The van der Waals surface area contributed by atoms with Crippen molar-refractivity contribution in [2.24, 2.45) is 0 Å². The molecule has 2 N–H and O–H groups in total. The van der Waals surface area contributed by atoms with Crippen LogP contribution in [0, 0.1) is 6.92 Å². The van der Waals surface area contributed by atoms with Gasteiger partial charge >= 0.3 is 0 Å². The number of carbonyl (C=O) groups is 1. The highest BCUT2D eigenvalue weighted by molar-refractivity contribution is 7.92. The average Bonchev–Trinajstić information content (AvgIpc) is 2.78. The lowest BCUT2D eigenvalue weighted by atomic mass is 9.86. The van der Waals surface area contributed by atoms with E-state index in [1.165, 1.54) is 24.8 Å². The first-order valence-corrected chi connectivity index (χ1v) is 14.6. The number of sulfonamides is 1. The molecular weight excluding hydrogens is 474 g/mol. The summed E-state index contributed by atoms with van der Waals surface area (Å²) in [7, 11) is -3.35. The fourth-order valence-corrected chi connectivity index (χ4v) is 5.08. The van der Waals surface area contributed by atoms with Crippen LogP contribution in [-0.4, -0.2) is 45.2 Å². The van der Waals surface area contributed by atoms with Crippen molar-refractivity contribution in [3.63, 3.8) is 0 Å². The van der Waals surface area contributed by atoms with Crippen molar-refractivity contribution < 1.29 is 17.9 Å². The molecule has 8 heteroatoms. The molecule has 1 aliphatic rings. The largest absolute Gasteiger partial charge is 0.483 e. The number of nitrogens with zero attached hydrogens (tertiary/aromatic N) is 1. The van der Waals surface area contributed by atoms with Crippen molar-refractivity contribution in [3.8, 4) is 5.75 Å². The molecule has 0 spiro atoms. The zero-order valence-corrected chi connectivity index (χ0v) is 23.3. The number of aryl methyl sites for hydroxylation is 1. The van der Waals surface area contributed by atoms with E-state index in [2.05, 4.69) is 47.8 Å². The van der Waals surface area contributed by atoms with E-state index < -0.39 is 10.0 Å². The molecule has 0 radical (unpaired) electrons. The van der Waals surface area contributed by atoms with Gasteiger partial charge in [-0.3, -0.25) is 14.4 Å². The summed E-state index contributed by atoms with van der Waals surface area (Å²) in [6, 6.07) is 11.5. The number of rotatable bonds is 9. The number of hydrogen-bond donors (Lipinski definition) is 2. The van der Waals surface area contributed by atoms with Crippen molar-refractivity contribution in [2.75, 3.05) is 30.7 Å². The van der Waals surface area contributed by atoms with E-state index in [1.54, 1.807) is 6.07 Å². The summed E-state index contributed by atoms with van der Waals surface area (Å²) in [5.41, 5.74) is 4.62. The smallest absolute Gasteiger partial charge is 0.258 e. The van der Waals surface area contributed by atoms with Gasteiger partial charge in [-0.2, -0.15) is 0 Å². The van der Waals surface area contributed by atoms with Crippen molar-refractivity contribution in [3.05, 3.63) is 58.7 Å². The zero-order valence-electron chi connectivity index (χ0n) is 22.5. The molecule has 1 aliphatic heterocycles.